The van der Waals surface area contributed by atoms with Crippen molar-refractivity contribution in [1.29, 1.82) is 0 Å². The second-order valence-electron chi connectivity index (χ2n) is 4.59. The molecule has 0 saturated heterocycles. The van der Waals surface area contributed by atoms with Crippen LogP contribution in [-0.4, -0.2) is 21.4 Å². The van der Waals surface area contributed by atoms with E-state index in [0.717, 1.165) is 17.7 Å². The van der Waals surface area contributed by atoms with Gasteiger partial charge in [-0.15, -0.1) is 0 Å². The molecule has 0 heterocycles. The van der Waals surface area contributed by atoms with Gasteiger partial charge < -0.3 is 26.0 Å². The van der Waals surface area contributed by atoms with Crippen molar-refractivity contribution in [2.24, 2.45) is 0 Å². The van der Waals surface area contributed by atoms with E-state index in [1.807, 2.05) is 37.3 Å². The van der Waals surface area contributed by atoms with E-state index in [-0.39, 0.29) is 11.7 Å². The van der Waals surface area contributed by atoms with Crippen molar-refractivity contribution in [3.63, 3.8) is 0 Å². The van der Waals surface area contributed by atoms with Gasteiger partial charge in [-0.1, -0.05) is 30.3 Å². The molecule has 1 unspecified atom stereocenters. The Morgan fingerprint density at radius 3 is 2.19 bits per heavy atom. The zero-order valence-electron chi connectivity index (χ0n) is 11.4. The van der Waals surface area contributed by atoms with E-state index in [1.165, 1.54) is 0 Å². The monoisotopic (exact) mass is 288 g/mol. The molecule has 2 amide bonds. The lowest BCUT2D eigenvalue weighted by Gasteiger charge is -2.15. The maximum Gasteiger partial charge on any atom is 0.319 e. The third kappa shape index (κ3) is 3.56. The largest absolute Gasteiger partial charge is 0.504 e. The van der Waals surface area contributed by atoms with Crippen molar-refractivity contribution in [2.45, 2.75) is 13.0 Å². The van der Waals surface area contributed by atoms with Crippen LogP contribution in [0.4, 0.5) is 10.5 Å². The number of benzene rings is 2. The van der Waals surface area contributed by atoms with Crippen molar-refractivity contribution in [1.82, 2.24) is 5.32 Å². The van der Waals surface area contributed by atoms with E-state index < -0.39 is 23.3 Å². The first-order valence-electron chi connectivity index (χ1n) is 6.35. The summed E-state index contributed by atoms with van der Waals surface area (Å²) < 4.78 is 0. The lowest BCUT2D eigenvalue weighted by atomic mass is 10.1. The molecule has 2 aromatic carbocycles. The molecule has 0 aromatic heterocycles. The van der Waals surface area contributed by atoms with Crippen LogP contribution in [0.1, 0.15) is 18.5 Å². The predicted octanol–water partition coefficient (Wildman–Crippen LogP) is 2.69. The summed E-state index contributed by atoms with van der Waals surface area (Å²) in [6.07, 6.45) is 0. The number of urea groups is 1. The Hall–Kier alpha value is -2.89. The minimum Gasteiger partial charge on any atom is -0.504 e. The Balaban J connectivity index is 2.02. The first-order valence-corrected chi connectivity index (χ1v) is 6.35. The highest BCUT2D eigenvalue weighted by Crippen LogP contribution is 2.37. The van der Waals surface area contributed by atoms with Crippen molar-refractivity contribution in [3.8, 4) is 17.2 Å². The number of nitrogens with one attached hydrogen (secondary N) is 2. The Morgan fingerprint density at radius 1 is 1.05 bits per heavy atom. The van der Waals surface area contributed by atoms with Gasteiger partial charge in [0.05, 0.1) is 11.7 Å². The third-order valence-corrected chi connectivity index (χ3v) is 2.97. The highest BCUT2D eigenvalue weighted by molar-refractivity contribution is 5.90. The summed E-state index contributed by atoms with van der Waals surface area (Å²) in [6.45, 7) is 1.83. The molecule has 2 rings (SSSR count). The van der Waals surface area contributed by atoms with Crippen LogP contribution in [0.15, 0.2) is 42.5 Å². The second kappa shape index (κ2) is 6.04. The Kier molecular flexibility index (Phi) is 4.18. The van der Waals surface area contributed by atoms with Gasteiger partial charge >= 0.3 is 6.03 Å². The highest BCUT2D eigenvalue weighted by atomic mass is 16.3. The summed E-state index contributed by atoms with van der Waals surface area (Å²) in [5.41, 5.74) is 1.12. The number of amides is 2. The fraction of sp³-hybridized carbons (Fsp3) is 0.133. The molecule has 0 fully saturated rings. The van der Waals surface area contributed by atoms with E-state index in [4.69, 9.17) is 0 Å². The molecular formula is C15H16N2O4. The minimum absolute atomic E-state index is 0.167. The van der Waals surface area contributed by atoms with Crippen LogP contribution in [0.25, 0.3) is 0 Å². The van der Waals surface area contributed by atoms with Crippen LogP contribution < -0.4 is 10.6 Å². The zero-order valence-corrected chi connectivity index (χ0v) is 11.4. The zero-order chi connectivity index (χ0) is 15.4. The molecule has 0 aliphatic carbocycles. The maximum absolute atomic E-state index is 11.9. The van der Waals surface area contributed by atoms with Gasteiger partial charge in [-0.05, 0) is 12.5 Å². The van der Waals surface area contributed by atoms with Crippen LogP contribution in [0.3, 0.4) is 0 Å². The average molecular weight is 288 g/mol. The van der Waals surface area contributed by atoms with Gasteiger partial charge in [-0.25, -0.2) is 4.79 Å². The number of carbonyl (C=O) groups is 1. The molecule has 110 valence electrons. The van der Waals surface area contributed by atoms with E-state index in [2.05, 4.69) is 10.6 Å². The van der Waals surface area contributed by atoms with Crippen molar-refractivity contribution in [3.05, 3.63) is 48.0 Å². The lowest BCUT2D eigenvalue weighted by molar-refractivity contribution is 0.249. The molecule has 5 N–H and O–H groups in total. The second-order valence-corrected chi connectivity index (χ2v) is 4.59. The van der Waals surface area contributed by atoms with Gasteiger partial charge in [0.1, 0.15) is 0 Å². The lowest BCUT2D eigenvalue weighted by Crippen LogP contribution is -2.31. The van der Waals surface area contributed by atoms with Gasteiger partial charge in [0.2, 0.25) is 0 Å². The maximum atomic E-state index is 11.9. The normalized spacial score (nSPS) is 11.7. The highest BCUT2D eigenvalue weighted by Gasteiger charge is 2.12. The van der Waals surface area contributed by atoms with Gasteiger partial charge in [0, 0.05) is 12.1 Å². The molecule has 6 heteroatoms. The number of aromatic hydroxyl groups is 3. The van der Waals surface area contributed by atoms with Crippen LogP contribution in [-0.2, 0) is 0 Å². The molecule has 0 aliphatic rings. The minimum atomic E-state index is -0.626. The molecule has 1 atom stereocenters. The summed E-state index contributed by atoms with van der Waals surface area (Å²) in [5, 5.41) is 33.2. The topological polar surface area (TPSA) is 102 Å². The fourth-order valence-corrected chi connectivity index (χ4v) is 1.87. The van der Waals surface area contributed by atoms with Crippen LogP contribution in [0.2, 0.25) is 0 Å². The van der Waals surface area contributed by atoms with Gasteiger partial charge in [0.15, 0.2) is 17.2 Å². The van der Waals surface area contributed by atoms with Crippen molar-refractivity contribution in [2.75, 3.05) is 5.32 Å². The Morgan fingerprint density at radius 2 is 1.62 bits per heavy atom. The Labute approximate surface area is 121 Å². The number of phenolic OH excluding ortho intramolecular Hbond substituents is 3. The Bertz CT molecular complexity index is 620. The van der Waals surface area contributed by atoms with Gasteiger partial charge in [-0.2, -0.15) is 0 Å². The van der Waals surface area contributed by atoms with Gasteiger partial charge in [-0.3, -0.25) is 0 Å². The smallest absolute Gasteiger partial charge is 0.319 e. The molecule has 6 nitrogen and oxygen atoms in total. The number of carbonyl (C=O) groups excluding carboxylic acids is 1. The summed E-state index contributed by atoms with van der Waals surface area (Å²) in [7, 11) is 0. The SMILES string of the molecule is CC(NC(=O)Nc1cc(O)c(O)c(O)c1)c1ccccc1. The number of phenols is 3. The summed E-state index contributed by atoms with van der Waals surface area (Å²) >= 11 is 0. The molecule has 21 heavy (non-hydrogen) atoms. The first-order chi connectivity index (χ1) is 9.97. The average Bonchev–Trinajstić information content (AvgIpc) is 2.45. The number of anilines is 1. The summed E-state index contributed by atoms with van der Waals surface area (Å²) in [5.74, 6) is -1.65. The molecule has 0 spiro atoms. The molecule has 0 aliphatic heterocycles. The van der Waals surface area contributed by atoms with E-state index in [0.29, 0.717) is 0 Å². The fourth-order valence-electron chi connectivity index (χ4n) is 1.87. The molecular weight excluding hydrogens is 272 g/mol. The van der Waals surface area contributed by atoms with E-state index >= 15 is 0 Å². The molecule has 0 radical (unpaired) electrons. The van der Waals surface area contributed by atoms with Crippen LogP contribution in [0.5, 0.6) is 17.2 Å². The third-order valence-electron chi connectivity index (χ3n) is 2.97. The molecule has 0 saturated carbocycles. The van der Waals surface area contributed by atoms with Gasteiger partial charge in [0.25, 0.3) is 0 Å². The number of hydrogen-bond acceptors (Lipinski definition) is 4. The summed E-state index contributed by atoms with van der Waals surface area (Å²) in [6, 6.07) is 11.0. The van der Waals surface area contributed by atoms with Crippen molar-refractivity contribution >= 4 is 11.7 Å². The van der Waals surface area contributed by atoms with E-state index in [9.17, 15) is 20.1 Å². The first kappa shape index (κ1) is 14.5. The quantitative estimate of drug-likeness (QED) is 0.442. The van der Waals surface area contributed by atoms with Crippen molar-refractivity contribution < 1.29 is 20.1 Å². The van der Waals surface area contributed by atoms with Crippen LogP contribution in [0, 0.1) is 0 Å². The van der Waals surface area contributed by atoms with Crippen LogP contribution >= 0.6 is 0 Å². The molecule has 2 aromatic rings. The van der Waals surface area contributed by atoms with E-state index in [1.54, 1.807) is 0 Å². The standard InChI is InChI=1S/C15H16N2O4/c1-9(10-5-3-2-4-6-10)16-15(21)17-11-7-12(18)14(20)13(19)8-11/h2-9,18-20H,1H3,(H2,16,17,21). The predicted molar refractivity (Wildman–Crippen MR) is 78.4 cm³/mol. The number of hydrogen-bond donors (Lipinski definition) is 5. The number of rotatable bonds is 3. The molecule has 0 bridgehead atoms. The summed E-state index contributed by atoms with van der Waals surface area (Å²) in [4.78, 5) is 11.9.